The Hall–Kier alpha value is -4.32. The number of para-hydroxylation sites is 2. The van der Waals surface area contributed by atoms with Crippen LogP contribution in [0, 0.1) is 13.8 Å². The maximum Gasteiger partial charge on any atom is 0.244 e. The molecule has 0 atom stereocenters. The summed E-state index contributed by atoms with van der Waals surface area (Å²) in [7, 11) is 1.63. The number of hydrogen-bond donors (Lipinski definition) is 1. The summed E-state index contributed by atoms with van der Waals surface area (Å²) in [6.45, 7) is 4.75. The maximum atomic E-state index is 12.5. The average molecular weight is 468 g/mol. The molecule has 0 unspecified atom stereocenters. The highest BCUT2D eigenvalue weighted by Crippen LogP contribution is 2.23. The van der Waals surface area contributed by atoms with Crippen molar-refractivity contribution in [2.24, 2.45) is 0 Å². The molecule has 178 valence electrons. The van der Waals surface area contributed by atoms with Crippen LogP contribution in [0.5, 0.6) is 11.5 Å². The molecule has 0 spiro atoms. The molecule has 1 N–H and O–H groups in total. The summed E-state index contributed by atoms with van der Waals surface area (Å²) >= 11 is 0. The Morgan fingerprint density at radius 2 is 1.71 bits per heavy atom. The molecule has 4 aromatic rings. The monoisotopic (exact) mass is 467 g/mol. The van der Waals surface area contributed by atoms with Crippen LogP contribution in [-0.2, 0) is 17.9 Å². The molecule has 0 aliphatic carbocycles. The van der Waals surface area contributed by atoms with Crippen molar-refractivity contribution in [1.82, 2.24) is 15.1 Å². The molecule has 0 fully saturated rings. The summed E-state index contributed by atoms with van der Waals surface area (Å²) in [6.07, 6.45) is 3.32. The van der Waals surface area contributed by atoms with Crippen LogP contribution in [-0.4, -0.2) is 22.8 Å². The Morgan fingerprint density at radius 1 is 1.00 bits per heavy atom. The molecule has 35 heavy (non-hydrogen) atoms. The molecule has 0 saturated heterocycles. The minimum atomic E-state index is -0.172. The van der Waals surface area contributed by atoms with E-state index in [1.165, 1.54) is 6.08 Å². The normalized spacial score (nSPS) is 10.9. The van der Waals surface area contributed by atoms with Gasteiger partial charge in [0.15, 0.2) is 0 Å². The fourth-order valence-corrected chi connectivity index (χ4v) is 3.85. The van der Waals surface area contributed by atoms with E-state index in [2.05, 4.69) is 10.4 Å². The fraction of sp³-hybridized carbons (Fsp3) is 0.172. The van der Waals surface area contributed by atoms with Crippen molar-refractivity contribution < 1.29 is 14.3 Å². The Kier molecular flexibility index (Phi) is 7.63. The molecule has 1 amide bonds. The van der Waals surface area contributed by atoms with Gasteiger partial charge in [0, 0.05) is 29.4 Å². The molecule has 6 heteroatoms. The van der Waals surface area contributed by atoms with Gasteiger partial charge in [-0.15, -0.1) is 0 Å². The standard InChI is InChI=1S/C29H29N3O3/c1-21-27(22(2)32(31-21)25-10-6-4-7-11-25)19-30-29(33)17-15-23-14-16-28(34-3)24(18-23)20-35-26-12-8-5-9-13-26/h4-18H,19-20H2,1-3H3,(H,30,33)/b17-15+. The predicted molar refractivity (Wildman–Crippen MR) is 138 cm³/mol. The Morgan fingerprint density at radius 3 is 2.43 bits per heavy atom. The van der Waals surface area contributed by atoms with E-state index in [0.29, 0.717) is 13.2 Å². The minimum absolute atomic E-state index is 0.172. The van der Waals surface area contributed by atoms with Gasteiger partial charge in [-0.3, -0.25) is 4.79 Å². The molecular weight excluding hydrogens is 438 g/mol. The number of aromatic nitrogens is 2. The van der Waals surface area contributed by atoms with E-state index in [1.807, 2.05) is 97.4 Å². The quantitative estimate of drug-likeness (QED) is 0.335. The smallest absolute Gasteiger partial charge is 0.244 e. The third kappa shape index (κ3) is 5.98. The van der Waals surface area contributed by atoms with E-state index >= 15 is 0 Å². The van der Waals surface area contributed by atoms with Crippen LogP contribution in [0.25, 0.3) is 11.8 Å². The topological polar surface area (TPSA) is 65.4 Å². The van der Waals surface area contributed by atoms with Crippen LogP contribution in [0.4, 0.5) is 0 Å². The highest BCUT2D eigenvalue weighted by Gasteiger charge is 2.13. The van der Waals surface area contributed by atoms with Gasteiger partial charge in [-0.05, 0) is 61.9 Å². The van der Waals surface area contributed by atoms with Crippen LogP contribution in [0.1, 0.15) is 28.1 Å². The zero-order valence-electron chi connectivity index (χ0n) is 20.2. The van der Waals surface area contributed by atoms with Crippen molar-refractivity contribution in [3.63, 3.8) is 0 Å². The fourth-order valence-electron chi connectivity index (χ4n) is 3.85. The van der Waals surface area contributed by atoms with Gasteiger partial charge in [-0.1, -0.05) is 42.5 Å². The first-order valence-electron chi connectivity index (χ1n) is 11.5. The van der Waals surface area contributed by atoms with E-state index in [4.69, 9.17) is 9.47 Å². The first-order valence-corrected chi connectivity index (χ1v) is 11.5. The van der Waals surface area contributed by atoms with E-state index in [-0.39, 0.29) is 5.91 Å². The molecule has 0 saturated carbocycles. The summed E-state index contributed by atoms with van der Waals surface area (Å²) in [6, 6.07) is 25.3. The number of nitrogens with zero attached hydrogens (tertiary/aromatic N) is 2. The van der Waals surface area contributed by atoms with Crippen molar-refractivity contribution >= 4 is 12.0 Å². The Balaban J connectivity index is 1.40. The Bertz CT molecular complexity index is 1310. The summed E-state index contributed by atoms with van der Waals surface area (Å²) < 4.78 is 13.2. The van der Waals surface area contributed by atoms with E-state index in [1.54, 1.807) is 13.2 Å². The molecule has 1 heterocycles. The molecular formula is C29H29N3O3. The molecule has 4 rings (SSSR count). The lowest BCUT2D eigenvalue weighted by molar-refractivity contribution is -0.116. The summed E-state index contributed by atoms with van der Waals surface area (Å²) in [5.41, 5.74) is 5.71. The maximum absolute atomic E-state index is 12.5. The second-order valence-corrected chi connectivity index (χ2v) is 8.12. The zero-order valence-corrected chi connectivity index (χ0v) is 20.2. The van der Waals surface area contributed by atoms with E-state index in [9.17, 15) is 4.79 Å². The molecule has 6 nitrogen and oxygen atoms in total. The largest absolute Gasteiger partial charge is 0.496 e. The average Bonchev–Trinajstić information content (AvgIpc) is 3.19. The van der Waals surface area contributed by atoms with E-state index in [0.717, 1.165) is 45.3 Å². The van der Waals surface area contributed by atoms with Gasteiger partial charge in [-0.25, -0.2) is 4.68 Å². The van der Waals surface area contributed by atoms with Gasteiger partial charge in [0.2, 0.25) is 5.91 Å². The summed E-state index contributed by atoms with van der Waals surface area (Å²) in [5.74, 6) is 1.36. The first kappa shape index (κ1) is 23.8. The third-order valence-corrected chi connectivity index (χ3v) is 5.75. The summed E-state index contributed by atoms with van der Waals surface area (Å²) in [5, 5.41) is 7.61. The first-order chi connectivity index (χ1) is 17.0. The number of benzene rings is 3. The molecule has 0 aliphatic heterocycles. The van der Waals surface area contributed by atoms with Crippen molar-refractivity contribution in [2.45, 2.75) is 27.0 Å². The van der Waals surface area contributed by atoms with Gasteiger partial charge in [0.1, 0.15) is 18.1 Å². The predicted octanol–water partition coefficient (Wildman–Crippen LogP) is 5.41. The number of carbonyl (C=O) groups is 1. The number of aryl methyl sites for hydroxylation is 1. The number of hydrogen-bond acceptors (Lipinski definition) is 4. The van der Waals surface area contributed by atoms with Gasteiger partial charge in [-0.2, -0.15) is 5.10 Å². The van der Waals surface area contributed by atoms with Crippen LogP contribution in [0.15, 0.2) is 84.9 Å². The molecule has 0 bridgehead atoms. The van der Waals surface area contributed by atoms with E-state index < -0.39 is 0 Å². The van der Waals surface area contributed by atoms with Crippen LogP contribution in [0.3, 0.4) is 0 Å². The van der Waals surface area contributed by atoms with Gasteiger partial charge >= 0.3 is 0 Å². The highest BCUT2D eigenvalue weighted by atomic mass is 16.5. The van der Waals surface area contributed by atoms with Crippen LogP contribution in [0.2, 0.25) is 0 Å². The molecule has 1 aromatic heterocycles. The second-order valence-electron chi connectivity index (χ2n) is 8.12. The minimum Gasteiger partial charge on any atom is -0.496 e. The highest BCUT2D eigenvalue weighted by molar-refractivity contribution is 5.91. The van der Waals surface area contributed by atoms with Gasteiger partial charge < -0.3 is 14.8 Å². The van der Waals surface area contributed by atoms with Crippen molar-refractivity contribution in [2.75, 3.05) is 7.11 Å². The van der Waals surface area contributed by atoms with Crippen molar-refractivity contribution in [1.29, 1.82) is 0 Å². The number of amides is 1. The Labute approximate surface area is 205 Å². The lowest BCUT2D eigenvalue weighted by Crippen LogP contribution is -2.21. The molecule has 0 radical (unpaired) electrons. The SMILES string of the molecule is COc1ccc(/C=C/C(=O)NCc2c(C)nn(-c3ccccc3)c2C)cc1COc1ccccc1. The lowest BCUT2D eigenvalue weighted by Gasteiger charge is -2.11. The number of rotatable bonds is 9. The molecule has 0 aliphatic rings. The van der Waals surface area contributed by atoms with Gasteiger partial charge in [0.25, 0.3) is 0 Å². The number of nitrogens with one attached hydrogen (secondary N) is 1. The van der Waals surface area contributed by atoms with Crippen molar-refractivity contribution in [3.05, 3.63) is 113 Å². The molecule has 3 aromatic carbocycles. The van der Waals surface area contributed by atoms with Crippen LogP contribution < -0.4 is 14.8 Å². The van der Waals surface area contributed by atoms with Gasteiger partial charge in [0.05, 0.1) is 18.5 Å². The summed E-state index contributed by atoms with van der Waals surface area (Å²) in [4.78, 5) is 12.5. The zero-order chi connectivity index (χ0) is 24.6. The lowest BCUT2D eigenvalue weighted by atomic mass is 10.1. The second kappa shape index (κ2) is 11.2. The number of carbonyl (C=O) groups excluding carboxylic acids is 1. The third-order valence-electron chi connectivity index (χ3n) is 5.75. The number of methoxy groups -OCH3 is 1. The number of ether oxygens (including phenoxy) is 2. The van der Waals surface area contributed by atoms with Crippen molar-refractivity contribution in [3.8, 4) is 17.2 Å². The van der Waals surface area contributed by atoms with Crippen LogP contribution >= 0.6 is 0 Å².